The second-order valence-electron chi connectivity index (χ2n) is 9.32. The van der Waals surface area contributed by atoms with Crippen molar-refractivity contribution in [1.82, 2.24) is 10.6 Å². The zero-order valence-corrected chi connectivity index (χ0v) is 19.3. The van der Waals surface area contributed by atoms with E-state index >= 15 is 0 Å². The Kier molecular flexibility index (Phi) is 7.50. The van der Waals surface area contributed by atoms with Gasteiger partial charge in [-0.1, -0.05) is 67.8 Å². The van der Waals surface area contributed by atoms with Crippen LogP contribution in [0.25, 0.3) is 11.1 Å². The lowest BCUT2D eigenvalue weighted by molar-refractivity contribution is -0.137. The summed E-state index contributed by atoms with van der Waals surface area (Å²) < 4.78 is 5.73. The number of amides is 2. The summed E-state index contributed by atoms with van der Waals surface area (Å²) in [6.45, 7) is 0.545. The summed E-state index contributed by atoms with van der Waals surface area (Å²) in [5.41, 5.74) is 4.04. The van der Waals surface area contributed by atoms with Crippen molar-refractivity contribution in [2.45, 2.75) is 62.8 Å². The van der Waals surface area contributed by atoms with Gasteiger partial charge in [-0.15, -0.1) is 0 Å². The Hall–Kier alpha value is -3.35. The third-order valence-corrected chi connectivity index (χ3v) is 6.91. The molecule has 3 N–H and O–H groups in total. The highest BCUT2D eigenvalue weighted by Gasteiger charge is 2.37. The number of carbonyl (C=O) groups is 3. The molecule has 0 atom stereocenters. The first-order valence-electron chi connectivity index (χ1n) is 12.1. The molecule has 7 heteroatoms. The number of alkyl carbamates (subject to hydrolysis) is 1. The molecule has 4 rings (SSSR count). The number of rotatable bonds is 9. The van der Waals surface area contributed by atoms with Crippen LogP contribution in [0.5, 0.6) is 0 Å². The Bertz CT molecular complexity index is 999. The van der Waals surface area contributed by atoms with Crippen molar-refractivity contribution in [3.8, 4) is 11.1 Å². The van der Waals surface area contributed by atoms with Crippen molar-refractivity contribution in [2.75, 3.05) is 13.2 Å². The van der Waals surface area contributed by atoms with Crippen LogP contribution in [-0.4, -0.2) is 41.8 Å². The molecule has 0 unspecified atom stereocenters. The van der Waals surface area contributed by atoms with Gasteiger partial charge in [0.1, 0.15) is 6.61 Å². The molecule has 1 saturated carbocycles. The molecule has 1 fully saturated rings. The van der Waals surface area contributed by atoms with Crippen molar-refractivity contribution in [3.05, 3.63) is 59.7 Å². The molecule has 0 saturated heterocycles. The molecule has 0 bridgehead atoms. The van der Waals surface area contributed by atoms with Crippen LogP contribution in [0.2, 0.25) is 0 Å². The van der Waals surface area contributed by atoms with Crippen LogP contribution in [-0.2, 0) is 14.3 Å². The number of hydrogen-bond donors (Lipinski definition) is 3. The highest BCUT2D eigenvalue weighted by Crippen LogP contribution is 2.44. The number of fused-ring (bicyclic) bond motifs is 3. The molecule has 2 amide bonds. The molecule has 2 aliphatic carbocycles. The Balaban J connectivity index is 1.36. The Labute approximate surface area is 199 Å². The minimum Gasteiger partial charge on any atom is -0.481 e. The highest BCUT2D eigenvalue weighted by molar-refractivity contribution is 5.80. The monoisotopic (exact) mass is 464 g/mol. The van der Waals surface area contributed by atoms with Crippen LogP contribution in [0, 0.1) is 0 Å². The fraction of sp³-hybridized carbons (Fsp3) is 0.444. The van der Waals surface area contributed by atoms with Gasteiger partial charge < -0.3 is 20.5 Å². The predicted octanol–water partition coefficient (Wildman–Crippen LogP) is 4.60. The van der Waals surface area contributed by atoms with Crippen LogP contribution < -0.4 is 10.6 Å². The highest BCUT2D eigenvalue weighted by atomic mass is 16.5. The topological polar surface area (TPSA) is 105 Å². The lowest BCUT2D eigenvalue weighted by atomic mass is 9.79. The van der Waals surface area contributed by atoms with E-state index < -0.39 is 17.6 Å². The number of benzene rings is 2. The van der Waals surface area contributed by atoms with Gasteiger partial charge >= 0.3 is 12.1 Å². The maximum Gasteiger partial charge on any atom is 0.407 e. The Morgan fingerprint density at radius 1 is 0.941 bits per heavy atom. The van der Waals surface area contributed by atoms with Gasteiger partial charge in [0.15, 0.2) is 0 Å². The average molecular weight is 465 g/mol. The molecule has 0 aliphatic heterocycles. The molecule has 0 radical (unpaired) electrons. The van der Waals surface area contributed by atoms with E-state index in [0.717, 1.165) is 43.2 Å². The molecule has 34 heavy (non-hydrogen) atoms. The van der Waals surface area contributed by atoms with E-state index in [9.17, 15) is 14.4 Å². The largest absolute Gasteiger partial charge is 0.481 e. The molecule has 2 aliphatic rings. The number of carboxylic acid groups (broad SMARTS) is 1. The Morgan fingerprint density at radius 3 is 2.18 bits per heavy atom. The molecule has 2 aromatic rings. The summed E-state index contributed by atoms with van der Waals surface area (Å²) in [6.07, 6.45) is 4.48. The van der Waals surface area contributed by atoms with Gasteiger partial charge in [-0.25, -0.2) is 4.79 Å². The minimum absolute atomic E-state index is 0.0158. The predicted molar refractivity (Wildman–Crippen MR) is 129 cm³/mol. The van der Waals surface area contributed by atoms with Crippen LogP contribution in [0.4, 0.5) is 4.79 Å². The second kappa shape index (κ2) is 10.7. The number of ether oxygens (including phenoxy) is 1. The SMILES string of the molecule is O=C(O)CCCNC(=O)CC1(NC(=O)OCC2c3ccccc3-c3ccccc32)CCCCC1. The quantitative estimate of drug-likeness (QED) is 0.471. The van der Waals surface area contributed by atoms with Crippen molar-refractivity contribution in [3.63, 3.8) is 0 Å². The molecular weight excluding hydrogens is 432 g/mol. The normalized spacial score (nSPS) is 16.2. The number of aliphatic carboxylic acids is 1. The van der Waals surface area contributed by atoms with Crippen molar-refractivity contribution in [1.29, 1.82) is 0 Å². The lowest BCUT2D eigenvalue weighted by Gasteiger charge is -2.37. The zero-order valence-electron chi connectivity index (χ0n) is 19.3. The van der Waals surface area contributed by atoms with Crippen molar-refractivity contribution in [2.24, 2.45) is 0 Å². The van der Waals surface area contributed by atoms with E-state index in [0.29, 0.717) is 13.0 Å². The van der Waals surface area contributed by atoms with Gasteiger partial charge in [0.05, 0.1) is 5.54 Å². The van der Waals surface area contributed by atoms with E-state index in [2.05, 4.69) is 34.9 Å². The summed E-state index contributed by atoms with van der Waals surface area (Å²) in [7, 11) is 0. The van der Waals surface area contributed by atoms with Crippen molar-refractivity contribution >= 4 is 18.0 Å². The first kappa shape index (κ1) is 23.8. The van der Waals surface area contributed by atoms with Crippen LogP contribution in [0.1, 0.15) is 68.4 Å². The van der Waals surface area contributed by atoms with Gasteiger partial charge in [-0.05, 0) is 41.5 Å². The second-order valence-corrected chi connectivity index (χ2v) is 9.32. The standard InChI is InChI=1S/C27H32N2O5/c30-24(28-16-8-13-25(31)32)17-27(14-6-1-7-15-27)29-26(33)34-18-23-21-11-4-2-9-19(21)20-10-3-5-12-22(20)23/h2-5,9-12,23H,1,6-8,13-18H2,(H,28,30)(H,29,33)(H,31,32). The van der Waals surface area contributed by atoms with Gasteiger partial charge in [0.2, 0.25) is 5.91 Å². The van der Waals surface area contributed by atoms with Gasteiger partial charge in [-0.3, -0.25) is 9.59 Å². The molecule has 0 spiro atoms. The van der Waals surface area contributed by atoms with E-state index in [1.807, 2.05) is 24.3 Å². The van der Waals surface area contributed by atoms with Gasteiger partial charge in [-0.2, -0.15) is 0 Å². The molecule has 2 aromatic carbocycles. The number of carboxylic acids is 1. The zero-order chi connectivity index (χ0) is 24.0. The molecule has 7 nitrogen and oxygen atoms in total. The van der Waals surface area contributed by atoms with Crippen LogP contribution in [0.3, 0.4) is 0 Å². The summed E-state index contributed by atoms with van der Waals surface area (Å²) in [6, 6.07) is 16.4. The summed E-state index contributed by atoms with van der Waals surface area (Å²) in [4.78, 5) is 36.1. The molecule has 180 valence electrons. The van der Waals surface area contributed by atoms with Crippen LogP contribution >= 0.6 is 0 Å². The average Bonchev–Trinajstić information content (AvgIpc) is 3.14. The summed E-state index contributed by atoms with van der Waals surface area (Å²) in [5.74, 6) is -1.07. The maximum absolute atomic E-state index is 12.9. The fourth-order valence-electron chi connectivity index (χ4n) is 5.26. The van der Waals surface area contributed by atoms with E-state index in [-0.39, 0.29) is 31.3 Å². The first-order valence-corrected chi connectivity index (χ1v) is 12.1. The van der Waals surface area contributed by atoms with Gasteiger partial charge in [0.25, 0.3) is 0 Å². The third kappa shape index (κ3) is 5.58. The van der Waals surface area contributed by atoms with E-state index in [1.165, 1.54) is 11.1 Å². The molecule has 0 heterocycles. The lowest BCUT2D eigenvalue weighted by Crippen LogP contribution is -2.52. The smallest absolute Gasteiger partial charge is 0.407 e. The molecular formula is C27H32N2O5. The number of nitrogens with one attached hydrogen (secondary N) is 2. The first-order chi connectivity index (χ1) is 16.5. The summed E-state index contributed by atoms with van der Waals surface area (Å²) >= 11 is 0. The maximum atomic E-state index is 12.9. The van der Waals surface area contributed by atoms with Crippen LogP contribution in [0.15, 0.2) is 48.5 Å². The van der Waals surface area contributed by atoms with E-state index in [1.54, 1.807) is 0 Å². The summed E-state index contributed by atoms with van der Waals surface area (Å²) in [5, 5.41) is 14.6. The van der Waals surface area contributed by atoms with Gasteiger partial charge in [0, 0.05) is 25.3 Å². The number of hydrogen-bond acceptors (Lipinski definition) is 4. The van der Waals surface area contributed by atoms with E-state index in [4.69, 9.17) is 9.84 Å². The number of carbonyl (C=O) groups excluding carboxylic acids is 2. The third-order valence-electron chi connectivity index (χ3n) is 6.91. The fourth-order valence-corrected chi connectivity index (χ4v) is 5.26. The minimum atomic E-state index is -0.880. The molecule has 0 aromatic heterocycles. The Morgan fingerprint density at radius 2 is 1.56 bits per heavy atom. The van der Waals surface area contributed by atoms with Crippen molar-refractivity contribution < 1.29 is 24.2 Å².